The number of rotatable bonds is 2. The maximum atomic E-state index is 6.01. The van der Waals surface area contributed by atoms with Crippen molar-refractivity contribution >= 4 is 29.9 Å². The summed E-state index contributed by atoms with van der Waals surface area (Å²) in [6.45, 7) is 4.41. The second-order valence-corrected chi connectivity index (χ2v) is 6.82. The van der Waals surface area contributed by atoms with Gasteiger partial charge in [-0.1, -0.05) is 26.0 Å². The summed E-state index contributed by atoms with van der Waals surface area (Å²) in [5.41, 5.74) is 4.71. The Bertz CT molecular complexity index is 1010. The number of hydrogen-bond acceptors (Lipinski definition) is 3. The number of aromatic nitrogens is 2. The number of pyridine rings is 2. The fourth-order valence-corrected chi connectivity index (χ4v) is 2.88. The molecule has 0 spiro atoms. The van der Waals surface area contributed by atoms with E-state index < -0.39 is 0 Å². The maximum Gasteiger partial charge on any atom is 0.227 e. The summed E-state index contributed by atoms with van der Waals surface area (Å²) in [6, 6.07) is 14.4. The molecule has 3 nitrogen and oxygen atoms in total. The predicted molar refractivity (Wildman–Crippen MR) is 96.3 cm³/mol. The third-order valence-corrected chi connectivity index (χ3v) is 4.18. The molecule has 0 aliphatic rings. The Kier molecular flexibility index (Phi) is 3.01. The van der Waals surface area contributed by atoms with E-state index in [0.717, 1.165) is 27.6 Å². The van der Waals surface area contributed by atoms with Crippen LogP contribution in [-0.4, -0.2) is 17.8 Å². The fraction of sp³-hybridized carbons (Fsp3) is 0.158. The lowest BCUT2D eigenvalue weighted by Gasteiger charge is -2.19. The van der Waals surface area contributed by atoms with Crippen LogP contribution in [0.4, 0.5) is 0 Å². The Balaban J connectivity index is 1.99. The van der Waals surface area contributed by atoms with Gasteiger partial charge in [-0.3, -0.25) is 4.98 Å². The zero-order chi connectivity index (χ0) is 16.0. The molecule has 0 saturated carbocycles. The van der Waals surface area contributed by atoms with Crippen LogP contribution in [0.5, 0.6) is 0 Å². The highest BCUT2D eigenvalue weighted by Gasteiger charge is 2.17. The van der Waals surface area contributed by atoms with Gasteiger partial charge in [0, 0.05) is 28.7 Å². The van der Waals surface area contributed by atoms with Gasteiger partial charge >= 0.3 is 0 Å². The van der Waals surface area contributed by atoms with E-state index in [1.54, 1.807) is 6.20 Å². The Labute approximate surface area is 135 Å². The molecule has 1 aromatic carbocycles. The smallest absolute Gasteiger partial charge is 0.227 e. The highest BCUT2D eigenvalue weighted by molar-refractivity contribution is 6.15. The normalized spacial score (nSPS) is 12.1. The van der Waals surface area contributed by atoms with Crippen molar-refractivity contribution in [1.29, 1.82) is 0 Å². The van der Waals surface area contributed by atoms with Crippen molar-refractivity contribution < 1.29 is 4.42 Å². The third kappa shape index (κ3) is 2.31. The Morgan fingerprint density at radius 3 is 2.61 bits per heavy atom. The van der Waals surface area contributed by atoms with Crippen LogP contribution in [0.1, 0.15) is 19.4 Å². The van der Waals surface area contributed by atoms with Crippen LogP contribution in [0.15, 0.2) is 59.3 Å². The van der Waals surface area contributed by atoms with Crippen molar-refractivity contribution in [2.75, 3.05) is 0 Å². The highest BCUT2D eigenvalue weighted by Crippen LogP contribution is 2.34. The van der Waals surface area contributed by atoms with Gasteiger partial charge in [-0.25, -0.2) is 4.98 Å². The second kappa shape index (κ2) is 4.95. The van der Waals surface area contributed by atoms with Crippen molar-refractivity contribution in [2.24, 2.45) is 0 Å². The van der Waals surface area contributed by atoms with Gasteiger partial charge < -0.3 is 4.42 Å². The van der Waals surface area contributed by atoms with Gasteiger partial charge in [0.25, 0.3) is 0 Å². The lowest BCUT2D eigenvalue weighted by Crippen LogP contribution is -2.16. The molecular weight excluding hydrogens is 283 g/mol. The zero-order valence-electron chi connectivity index (χ0n) is 13.5. The minimum Gasteiger partial charge on any atom is -0.437 e. The summed E-state index contributed by atoms with van der Waals surface area (Å²) in [5.74, 6) is 0. The molecule has 0 fully saturated rings. The van der Waals surface area contributed by atoms with Crippen LogP contribution in [-0.2, 0) is 5.31 Å². The van der Waals surface area contributed by atoms with Crippen LogP contribution < -0.4 is 0 Å². The van der Waals surface area contributed by atoms with Crippen molar-refractivity contribution in [3.63, 3.8) is 0 Å². The average Bonchev–Trinajstić information content (AvgIpc) is 2.93. The van der Waals surface area contributed by atoms with Gasteiger partial charge in [0.1, 0.15) is 13.4 Å². The van der Waals surface area contributed by atoms with Gasteiger partial charge in [0.05, 0.1) is 5.69 Å². The highest BCUT2D eigenvalue weighted by atomic mass is 16.3. The topological polar surface area (TPSA) is 38.9 Å². The summed E-state index contributed by atoms with van der Waals surface area (Å²) in [7, 11) is 2.21. The van der Waals surface area contributed by atoms with Crippen molar-refractivity contribution in [3.8, 4) is 11.3 Å². The number of para-hydroxylation sites is 1. The predicted octanol–water partition coefficient (Wildman–Crippen LogP) is 3.91. The van der Waals surface area contributed by atoms with Crippen LogP contribution in [0.25, 0.3) is 33.3 Å². The van der Waals surface area contributed by atoms with Gasteiger partial charge in [0.2, 0.25) is 5.71 Å². The van der Waals surface area contributed by atoms with Crippen LogP contribution in [0.2, 0.25) is 0 Å². The SMILES string of the molecule is BC(C)(C)c1ccnc(-c2cccc3c2oc2ncccc23)c1. The van der Waals surface area contributed by atoms with E-state index in [1.165, 1.54) is 5.56 Å². The minimum absolute atomic E-state index is 0.0843. The molecule has 4 rings (SSSR count). The van der Waals surface area contributed by atoms with E-state index in [4.69, 9.17) is 4.42 Å². The number of fused-ring (bicyclic) bond motifs is 3. The lowest BCUT2D eigenvalue weighted by molar-refractivity contribution is 0.655. The number of nitrogens with zero attached hydrogens (tertiary/aromatic N) is 2. The molecule has 0 aliphatic heterocycles. The first-order valence-electron chi connectivity index (χ1n) is 7.77. The Morgan fingerprint density at radius 2 is 1.78 bits per heavy atom. The summed E-state index contributed by atoms with van der Waals surface area (Å²) >= 11 is 0. The molecule has 0 radical (unpaired) electrons. The third-order valence-electron chi connectivity index (χ3n) is 4.18. The number of benzene rings is 1. The molecule has 4 heteroatoms. The number of furan rings is 1. The van der Waals surface area contributed by atoms with Crippen LogP contribution in [0.3, 0.4) is 0 Å². The molecule has 0 aliphatic carbocycles. The number of hydrogen-bond donors (Lipinski definition) is 0. The van der Waals surface area contributed by atoms with Gasteiger partial charge in [0.15, 0.2) is 0 Å². The van der Waals surface area contributed by atoms with Crippen LogP contribution >= 0.6 is 0 Å². The van der Waals surface area contributed by atoms with Crippen molar-refractivity contribution in [1.82, 2.24) is 9.97 Å². The van der Waals surface area contributed by atoms with Gasteiger partial charge in [-0.05, 0) is 41.2 Å². The van der Waals surface area contributed by atoms with E-state index in [-0.39, 0.29) is 5.31 Å². The van der Waals surface area contributed by atoms with Crippen molar-refractivity contribution in [3.05, 3.63) is 60.4 Å². The summed E-state index contributed by atoms with van der Waals surface area (Å²) in [5, 5.41) is 2.20. The molecule has 0 amide bonds. The first-order chi connectivity index (χ1) is 11.0. The molecule has 0 atom stereocenters. The lowest BCUT2D eigenvalue weighted by atomic mass is 9.67. The Morgan fingerprint density at radius 1 is 0.957 bits per heavy atom. The van der Waals surface area contributed by atoms with Gasteiger partial charge in [-0.2, -0.15) is 0 Å². The van der Waals surface area contributed by atoms with E-state index in [2.05, 4.69) is 55.9 Å². The summed E-state index contributed by atoms with van der Waals surface area (Å²) < 4.78 is 6.01. The standard InChI is InChI=1S/C19H17BN2O/c1-19(2,20)12-8-10-21-16(11-12)15-6-3-5-13-14-7-4-9-22-18(14)23-17(13)15/h3-11H,20H2,1-2H3. The molecule has 4 aromatic rings. The molecular formula is C19H17BN2O. The zero-order valence-corrected chi connectivity index (χ0v) is 13.5. The molecule has 0 unspecified atom stereocenters. The molecule has 112 valence electrons. The van der Waals surface area contributed by atoms with E-state index >= 15 is 0 Å². The Hall–Kier alpha value is -2.62. The van der Waals surface area contributed by atoms with Crippen LogP contribution in [0, 0.1) is 0 Å². The second-order valence-electron chi connectivity index (χ2n) is 6.82. The monoisotopic (exact) mass is 300 g/mol. The first-order valence-corrected chi connectivity index (χ1v) is 7.77. The minimum atomic E-state index is 0.0843. The molecule has 0 N–H and O–H groups in total. The summed E-state index contributed by atoms with van der Waals surface area (Å²) in [4.78, 5) is 8.89. The largest absolute Gasteiger partial charge is 0.437 e. The average molecular weight is 300 g/mol. The molecule has 23 heavy (non-hydrogen) atoms. The van der Waals surface area contributed by atoms with E-state index in [0.29, 0.717) is 5.71 Å². The van der Waals surface area contributed by atoms with E-state index in [1.807, 2.05) is 24.4 Å². The maximum absolute atomic E-state index is 6.01. The molecule has 0 saturated heterocycles. The molecule has 0 bridgehead atoms. The van der Waals surface area contributed by atoms with E-state index in [9.17, 15) is 0 Å². The van der Waals surface area contributed by atoms with Crippen molar-refractivity contribution in [2.45, 2.75) is 19.2 Å². The molecule has 3 aromatic heterocycles. The molecule has 3 heterocycles. The quantitative estimate of drug-likeness (QED) is 0.527. The summed E-state index contributed by atoms with van der Waals surface area (Å²) in [6.07, 6.45) is 3.62. The fourth-order valence-electron chi connectivity index (χ4n) is 2.88. The van der Waals surface area contributed by atoms with Gasteiger partial charge in [-0.15, -0.1) is 0 Å². The first kappa shape index (κ1) is 14.0.